The largest absolute Gasteiger partial charge is 0.458 e. The van der Waals surface area contributed by atoms with Crippen LogP contribution in [0.5, 0.6) is 0 Å². The Morgan fingerprint density at radius 2 is 2.00 bits per heavy atom. The predicted molar refractivity (Wildman–Crippen MR) is 70.3 cm³/mol. The van der Waals surface area contributed by atoms with Crippen LogP contribution in [-0.2, 0) is 9.53 Å². The lowest BCUT2D eigenvalue weighted by atomic mass is 9.96. The van der Waals surface area contributed by atoms with Crippen molar-refractivity contribution in [3.05, 3.63) is 0 Å². The third-order valence-corrected chi connectivity index (χ3v) is 4.54. The molecule has 1 aliphatic carbocycles. The fourth-order valence-corrected chi connectivity index (χ4v) is 2.45. The van der Waals surface area contributed by atoms with Crippen LogP contribution in [0.3, 0.4) is 0 Å². The highest BCUT2D eigenvalue weighted by Gasteiger charge is 2.37. The Morgan fingerprint density at radius 1 is 1.40 bits per heavy atom. The molecular formula is C12H21IO2. The van der Waals surface area contributed by atoms with E-state index in [2.05, 4.69) is 29.5 Å². The van der Waals surface area contributed by atoms with E-state index in [1.54, 1.807) is 0 Å². The molecule has 0 aromatic carbocycles. The second kappa shape index (κ2) is 6.06. The molecule has 0 aliphatic heterocycles. The highest BCUT2D eigenvalue weighted by Crippen LogP contribution is 2.37. The van der Waals surface area contributed by atoms with Crippen molar-refractivity contribution in [2.24, 2.45) is 0 Å². The van der Waals surface area contributed by atoms with Crippen LogP contribution < -0.4 is 0 Å². The Labute approximate surface area is 106 Å². The van der Waals surface area contributed by atoms with Crippen LogP contribution in [0.2, 0.25) is 0 Å². The van der Waals surface area contributed by atoms with E-state index in [1.165, 1.54) is 12.8 Å². The molecule has 1 aliphatic rings. The third kappa shape index (κ3) is 3.61. The van der Waals surface area contributed by atoms with Gasteiger partial charge in [-0.15, -0.1) is 0 Å². The van der Waals surface area contributed by atoms with Gasteiger partial charge in [0.15, 0.2) is 0 Å². The number of esters is 1. The minimum atomic E-state index is -0.107. The molecule has 15 heavy (non-hydrogen) atoms. The zero-order valence-electron chi connectivity index (χ0n) is 9.72. The van der Waals surface area contributed by atoms with Crippen molar-refractivity contribution in [2.45, 2.75) is 68.3 Å². The maximum Gasteiger partial charge on any atom is 0.319 e. The van der Waals surface area contributed by atoms with Crippen LogP contribution >= 0.6 is 22.6 Å². The molecule has 0 N–H and O–H groups in total. The van der Waals surface area contributed by atoms with Crippen LogP contribution in [-0.4, -0.2) is 15.5 Å². The molecule has 3 heteroatoms. The van der Waals surface area contributed by atoms with E-state index in [0.29, 0.717) is 0 Å². The molecular weight excluding hydrogens is 303 g/mol. The number of halogens is 1. The summed E-state index contributed by atoms with van der Waals surface area (Å²) in [5, 5.41) is 0. The minimum absolute atomic E-state index is 0.00606. The van der Waals surface area contributed by atoms with Gasteiger partial charge in [-0.1, -0.05) is 42.9 Å². The standard InChI is InChI=1S/C12H21IO2/c1-3-7-12(8-5-6-9-12)15-11(14)10(13)4-2/h10H,3-9H2,1-2H3. The van der Waals surface area contributed by atoms with Crippen molar-refractivity contribution < 1.29 is 9.53 Å². The van der Waals surface area contributed by atoms with Crippen LogP contribution in [0, 0.1) is 0 Å². The molecule has 2 nitrogen and oxygen atoms in total. The van der Waals surface area contributed by atoms with Gasteiger partial charge in [-0.2, -0.15) is 0 Å². The van der Waals surface area contributed by atoms with E-state index in [0.717, 1.165) is 32.1 Å². The number of hydrogen-bond acceptors (Lipinski definition) is 2. The molecule has 1 atom stereocenters. The Morgan fingerprint density at radius 3 is 2.47 bits per heavy atom. The Balaban J connectivity index is 2.54. The van der Waals surface area contributed by atoms with E-state index >= 15 is 0 Å². The predicted octanol–water partition coefficient (Wildman–Crippen LogP) is 3.86. The van der Waals surface area contributed by atoms with Gasteiger partial charge in [0.2, 0.25) is 0 Å². The smallest absolute Gasteiger partial charge is 0.319 e. The average Bonchev–Trinajstić information content (AvgIpc) is 2.65. The quantitative estimate of drug-likeness (QED) is 0.436. The third-order valence-electron chi connectivity index (χ3n) is 3.15. The maximum absolute atomic E-state index is 11.8. The average molecular weight is 324 g/mol. The van der Waals surface area contributed by atoms with Gasteiger partial charge in [-0.05, 0) is 38.5 Å². The second-order valence-electron chi connectivity index (χ2n) is 4.44. The molecule has 0 aromatic rings. The summed E-state index contributed by atoms with van der Waals surface area (Å²) in [7, 11) is 0. The van der Waals surface area contributed by atoms with Gasteiger partial charge in [0.1, 0.15) is 9.53 Å². The number of rotatable bonds is 5. The molecule has 0 amide bonds. The first-order valence-corrected chi connectivity index (χ1v) is 7.25. The summed E-state index contributed by atoms with van der Waals surface area (Å²) in [4.78, 5) is 11.8. The topological polar surface area (TPSA) is 26.3 Å². The number of carbonyl (C=O) groups is 1. The summed E-state index contributed by atoms with van der Waals surface area (Å²) in [6.45, 7) is 4.19. The van der Waals surface area contributed by atoms with Gasteiger partial charge in [-0.25, -0.2) is 0 Å². The Bertz CT molecular complexity index is 210. The number of carbonyl (C=O) groups excluding carboxylic acids is 1. The molecule has 0 saturated heterocycles. The highest BCUT2D eigenvalue weighted by molar-refractivity contribution is 14.1. The number of alkyl halides is 1. The lowest BCUT2D eigenvalue weighted by molar-refractivity contribution is -0.159. The monoisotopic (exact) mass is 324 g/mol. The summed E-state index contributed by atoms with van der Waals surface area (Å²) in [6.07, 6.45) is 7.56. The summed E-state index contributed by atoms with van der Waals surface area (Å²) >= 11 is 2.18. The van der Waals surface area contributed by atoms with Gasteiger partial charge in [0.05, 0.1) is 0 Å². The van der Waals surface area contributed by atoms with Crippen molar-refractivity contribution in [2.75, 3.05) is 0 Å². The first-order valence-electron chi connectivity index (χ1n) is 6.00. The normalized spacial score (nSPS) is 21.3. The minimum Gasteiger partial charge on any atom is -0.458 e. The van der Waals surface area contributed by atoms with Crippen LogP contribution in [0.1, 0.15) is 58.8 Å². The van der Waals surface area contributed by atoms with Crippen LogP contribution in [0.25, 0.3) is 0 Å². The second-order valence-corrected chi connectivity index (χ2v) is 5.94. The molecule has 0 radical (unpaired) electrons. The summed E-state index contributed by atoms with van der Waals surface area (Å²) in [5.74, 6) is -0.00606. The van der Waals surface area contributed by atoms with Crippen molar-refractivity contribution in [1.82, 2.24) is 0 Å². The lowest BCUT2D eigenvalue weighted by Gasteiger charge is -2.29. The fourth-order valence-electron chi connectivity index (χ4n) is 2.32. The van der Waals surface area contributed by atoms with E-state index in [9.17, 15) is 4.79 Å². The van der Waals surface area contributed by atoms with Crippen molar-refractivity contribution in [1.29, 1.82) is 0 Å². The van der Waals surface area contributed by atoms with Crippen LogP contribution in [0.4, 0.5) is 0 Å². The van der Waals surface area contributed by atoms with E-state index < -0.39 is 0 Å². The molecule has 1 rings (SSSR count). The van der Waals surface area contributed by atoms with Crippen molar-refractivity contribution in [3.8, 4) is 0 Å². The van der Waals surface area contributed by atoms with Crippen molar-refractivity contribution >= 4 is 28.6 Å². The van der Waals surface area contributed by atoms with Gasteiger partial charge in [0, 0.05) is 0 Å². The summed E-state index contributed by atoms with van der Waals surface area (Å²) < 4.78 is 5.77. The number of hydrogen-bond donors (Lipinski definition) is 0. The molecule has 1 fully saturated rings. The summed E-state index contributed by atoms with van der Waals surface area (Å²) in [6, 6.07) is 0. The molecule has 88 valence electrons. The molecule has 1 saturated carbocycles. The van der Waals surface area contributed by atoms with Crippen LogP contribution in [0.15, 0.2) is 0 Å². The molecule has 0 bridgehead atoms. The van der Waals surface area contributed by atoms with Gasteiger partial charge >= 0.3 is 5.97 Å². The molecule has 1 unspecified atom stereocenters. The van der Waals surface area contributed by atoms with Crippen molar-refractivity contribution in [3.63, 3.8) is 0 Å². The molecule has 0 aromatic heterocycles. The maximum atomic E-state index is 11.8. The first-order chi connectivity index (χ1) is 7.13. The van der Waals surface area contributed by atoms with E-state index in [-0.39, 0.29) is 15.5 Å². The zero-order chi connectivity index (χ0) is 11.3. The SMILES string of the molecule is CCCC1(OC(=O)C(I)CC)CCCC1. The lowest BCUT2D eigenvalue weighted by Crippen LogP contribution is -2.34. The van der Waals surface area contributed by atoms with Gasteiger partial charge < -0.3 is 4.74 Å². The molecule has 0 spiro atoms. The Hall–Kier alpha value is 0.200. The van der Waals surface area contributed by atoms with E-state index in [4.69, 9.17) is 4.74 Å². The summed E-state index contributed by atoms with van der Waals surface area (Å²) in [5.41, 5.74) is -0.107. The van der Waals surface area contributed by atoms with Gasteiger partial charge in [0.25, 0.3) is 0 Å². The first kappa shape index (κ1) is 13.3. The van der Waals surface area contributed by atoms with Gasteiger partial charge in [-0.3, -0.25) is 4.79 Å². The highest BCUT2D eigenvalue weighted by atomic mass is 127. The Kier molecular flexibility index (Phi) is 5.36. The number of ether oxygens (including phenoxy) is 1. The zero-order valence-corrected chi connectivity index (χ0v) is 11.9. The fraction of sp³-hybridized carbons (Fsp3) is 0.917. The molecule has 0 heterocycles. The van der Waals surface area contributed by atoms with E-state index in [1.807, 2.05) is 6.92 Å².